The van der Waals surface area contributed by atoms with Gasteiger partial charge in [0.05, 0.1) is 9.90 Å². The van der Waals surface area contributed by atoms with Crippen LogP contribution in [0.1, 0.15) is 15.4 Å². The van der Waals surface area contributed by atoms with Gasteiger partial charge < -0.3 is 0 Å². The van der Waals surface area contributed by atoms with Gasteiger partial charge in [0, 0.05) is 6.20 Å². The zero-order valence-corrected chi connectivity index (χ0v) is 8.68. The van der Waals surface area contributed by atoms with Crippen molar-refractivity contribution >= 4 is 28.7 Å². The molecule has 0 saturated carbocycles. The average molecular weight is 224 g/mol. The smallest absolute Gasteiger partial charge is 0.222 e. The van der Waals surface area contributed by atoms with E-state index in [1.807, 2.05) is 0 Å². The Bertz CT molecular complexity index is 452. The Kier molecular flexibility index (Phi) is 2.61. The highest BCUT2D eigenvalue weighted by Crippen LogP contribution is 2.24. The van der Waals surface area contributed by atoms with Crippen LogP contribution < -0.4 is 0 Å². The fourth-order valence-electron chi connectivity index (χ4n) is 1.07. The first-order valence-electron chi connectivity index (χ1n) is 3.98. The van der Waals surface area contributed by atoms with Gasteiger partial charge in [0.15, 0.2) is 0 Å². The Morgan fingerprint density at radius 2 is 2.21 bits per heavy atom. The number of hydrogen-bond donors (Lipinski definition) is 0. The van der Waals surface area contributed by atoms with Gasteiger partial charge in [0.2, 0.25) is 5.78 Å². The molecule has 2 heterocycles. The average Bonchev–Trinajstić information content (AvgIpc) is 2.65. The molecule has 2 aromatic heterocycles. The Balaban J connectivity index is 2.39. The minimum Gasteiger partial charge on any atom is -0.286 e. The van der Waals surface area contributed by atoms with Crippen molar-refractivity contribution in [3.05, 3.63) is 51.4 Å². The van der Waals surface area contributed by atoms with E-state index in [0.717, 1.165) is 0 Å². The molecule has 2 rings (SSSR count). The van der Waals surface area contributed by atoms with E-state index in [-0.39, 0.29) is 5.78 Å². The maximum atomic E-state index is 11.8. The second kappa shape index (κ2) is 3.90. The summed E-state index contributed by atoms with van der Waals surface area (Å²) in [6, 6.07) is 6.94. The van der Waals surface area contributed by atoms with Gasteiger partial charge >= 0.3 is 0 Å². The topological polar surface area (TPSA) is 30.0 Å². The van der Waals surface area contributed by atoms with Crippen molar-refractivity contribution in [1.29, 1.82) is 0 Å². The van der Waals surface area contributed by atoms with Crippen LogP contribution in [0.15, 0.2) is 35.8 Å². The van der Waals surface area contributed by atoms with Crippen molar-refractivity contribution in [2.24, 2.45) is 0 Å². The number of hydrogen-bond acceptors (Lipinski definition) is 3. The molecule has 70 valence electrons. The van der Waals surface area contributed by atoms with Gasteiger partial charge in [-0.1, -0.05) is 17.7 Å². The maximum Gasteiger partial charge on any atom is 0.222 e. The number of rotatable bonds is 2. The second-order valence-electron chi connectivity index (χ2n) is 2.64. The summed E-state index contributed by atoms with van der Waals surface area (Å²) in [5.74, 6) is -0.120. The number of carbonyl (C=O) groups excluding carboxylic acids is 1. The van der Waals surface area contributed by atoms with Crippen molar-refractivity contribution in [3.8, 4) is 0 Å². The molecule has 0 aliphatic carbocycles. The van der Waals surface area contributed by atoms with Crippen molar-refractivity contribution in [3.63, 3.8) is 0 Å². The highest BCUT2D eigenvalue weighted by atomic mass is 35.5. The van der Waals surface area contributed by atoms with Crippen LogP contribution in [-0.4, -0.2) is 10.8 Å². The lowest BCUT2D eigenvalue weighted by Crippen LogP contribution is -2.01. The molecule has 0 N–H and O–H groups in total. The summed E-state index contributed by atoms with van der Waals surface area (Å²) in [4.78, 5) is 16.3. The Morgan fingerprint density at radius 3 is 2.79 bits per heavy atom. The summed E-state index contributed by atoms with van der Waals surface area (Å²) < 4.78 is 0. The third-order valence-electron chi connectivity index (χ3n) is 1.72. The summed E-state index contributed by atoms with van der Waals surface area (Å²) >= 11 is 7.18. The van der Waals surface area contributed by atoms with Crippen LogP contribution in [0.5, 0.6) is 0 Å². The van der Waals surface area contributed by atoms with E-state index in [2.05, 4.69) is 4.98 Å². The van der Waals surface area contributed by atoms with E-state index in [1.165, 1.54) is 11.3 Å². The molecule has 0 radical (unpaired) electrons. The van der Waals surface area contributed by atoms with Crippen LogP contribution >= 0.6 is 22.9 Å². The third-order valence-corrected chi connectivity index (χ3v) is 3.06. The number of nitrogens with zero attached hydrogens (tertiary/aromatic N) is 1. The maximum absolute atomic E-state index is 11.8. The van der Waals surface area contributed by atoms with Gasteiger partial charge in [-0.2, -0.15) is 0 Å². The molecule has 0 unspecified atom stereocenters. The zero-order chi connectivity index (χ0) is 9.97. The second-order valence-corrected chi connectivity index (χ2v) is 3.97. The first kappa shape index (κ1) is 9.37. The van der Waals surface area contributed by atoms with Crippen LogP contribution in [0.2, 0.25) is 5.02 Å². The summed E-state index contributed by atoms with van der Waals surface area (Å²) in [7, 11) is 0. The van der Waals surface area contributed by atoms with Gasteiger partial charge in [-0.05, 0) is 23.6 Å². The van der Waals surface area contributed by atoms with Crippen LogP contribution in [0.4, 0.5) is 0 Å². The predicted octanol–water partition coefficient (Wildman–Crippen LogP) is 3.03. The lowest BCUT2D eigenvalue weighted by Gasteiger charge is -1.96. The monoisotopic (exact) mass is 223 g/mol. The van der Waals surface area contributed by atoms with Crippen molar-refractivity contribution in [2.75, 3.05) is 0 Å². The van der Waals surface area contributed by atoms with Crippen LogP contribution in [-0.2, 0) is 0 Å². The standard InChI is InChI=1S/C10H6ClNOS/c11-7-4-6-14-10(7)9(13)8-3-1-2-5-12-8/h1-6H. The van der Waals surface area contributed by atoms with Crippen molar-refractivity contribution < 1.29 is 4.79 Å². The summed E-state index contributed by atoms with van der Waals surface area (Å²) in [6.07, 6.45) is 1.59. The predicted molar refractivity (Wildman–Crippen MR) is 57.0 cm³/mol. The normalized spacial score (nSPS) is 10.1. The number of halogens is 1. The fraction of sp³-hybridized carbons (Fsp3) is 0. The Labute approximate surface area is 90.2 Å². The van der Waals surface area contributed by atoms with Crippen molar-refractivity contribution in [2.45, 2.75) is 0 Å². The summed E-state index contributed by atoms with van der Waals surface area (Å²) in [5.41, 5.74) is 0.428. The first-order chi connectivity index (χ1) is 6.79. The molecule has 0 aliphatic heterocycles. The molecule has 0 fully saturated rings. The summed E-state index contributed by atoms with van der Waals surface area (Å²) in [5, 5.41) is 2.28. The minimum atomic E-state index is -0.120. The molecule has 0 bridgehead atoms. The largest absolute Gasteiger partial charge is 0.286 e. The van der Waals surface area contributed by atoms with Crippen LogP contribution in [0, 0.1) is 0 Å². The van der Waals surface area contributed by atoms with Gasteiger partial charge in [0.25, 0.3) is 0 Å². The lowest BCUT2D eigenvalue weighted by molar-refractivity contribution is 0.103. The molecular formula is C10H6ClNOS. The quantitative estimate of drug-likeness (QED) is 0.733. The molecule has 14 heavy (non-hydrogen) atoms. The minimum absolute atomic E-state index is 0.120. The number of thiophene rings is 1. The van der Waals surface area contributed by atoms with Crippen LogP contribution in [0.3, 0.4) is 0 Å². The summed E-state index contributed by atoms with van der Waals surface area (Å²) in [6.45, 7) is 0. The molecule has 0 aromatic carbocycles. The van der Waals surface area contributed by atoms with Gasteiger partial charge in [-0.25, -0.2) is 0 Å². The molecular weight excluding hydrogens is 218 g/mol. The zero-order valence-electron chi connectivity index (χ0n) is 7.11. The SMILES string of the molecule is O=C(c1ccccn1)c1sccc1Cl. The van der Waals surface area contributed by atoms with E-state index >= 15 is 0 Å². The number of aromatic nitrogens is 1. The molecule has 2 aromatic rings. The molecule has 2 nitrogen and oxygen atoms in total. The van der Waals surface area contributed by atoms with E-state index in [1.54, 1.807) is 35.8 Å². The van der Waals surface area contributed by atoms with Gasteiger partial charge in [-0.15, -0.1) is 11.3 Å². The Morgan fingerprint density at radius 1 is 1.36 bits per heavy atom. The highest BCUT2D eigenvalue weighted by molar-refractivity contribution is 7.13. The van der Waals surface area contributed by atoms with E-state index < -0.39 is 0 Å². The number of pyridine rings is 1. The van der Waals surface area contributed by atoms with E-state index in [0.29, 0.717) is 15.6 Å². The number of carbonyl (C=O) groups is 1. The first-order valence-corrected chi connectivity index (χ1v) is 5.23. The highest BCUT2D eigenvalue weighted by Gasteiger charge is 2.14. The van der Waals surface area contributed by atoms with Gasteiger partial charge in [-0.3, -0.25) is 9.78 Å². The molecule has 0 saturated heterocycles. The molecule has 0 atom stereocenters. The Hall–Kier alpha value is -1.19. The van der Waals surface area contributed by atoms with E-state index in [4.69, 9.17) is 11.6 Å². The molecule has 4 heteroatoms. The molecule has 0 spiro atoms. The fourth-order valence-corrected chi connectivity index (χ4v) is 2.16. The van der Waals surface area contributed by atoms with E-state index in [9.17, 15) is 4.79 Å². The number of ketones is 1. The lowest BCUT2D eigenvalue weighted by atomic mass is 10.2. The van der Waals surface area contributed by atoms with Gasteiger partial charge in [0.1, 0.15) is 5.69 Å². The third kappa shape index (κ3) is 1.69. The van der Waals surface area contributed by atoms with Crippen molar-refractivity contribution in [1.82, 2.24) is 4.98 Å². The molecule has 0 aliphatic rings. The molecule has 0 amide bonds. The van der Waals surface area contributed by atoms with Crippen LogP contribution in [0.25, 0.3) is 0 Å².